The Morgan fingerprint density at radius 3 is 2.44 bits per heavy atom. The molecule has 0 spiro atoms. The lowest BCUT2D eigenvalue weighted by Crippen LogP contribution is -2.48. The van der Waals surface area contributed by atoms with Gasteiger partial charge in [-0.3, -0.25) is 4.79 Å². The zero-order chi connectivity index (χ0) is 17.8. The van der Waals surface area contributed by atoms with E-state index in [0.29, 0.717) is 36.8 Å². The summed E-state index contributed by atoms with van der Waals surface area (Å²) in [5, 5.41) is 0.673. The van der Waals surface area contributed by atoms with Gasteiger partial charge in [0, 0.05) is 42.5 Å². The smallest absolute Gasteiger partial charge is 0.387 e. The van der Waals surface area contributed by atoms with Crippen LogP contribution < -0.4 is 9.64 Å². The number of carbonyl (C=O) groups excluding carboxylic acids is 1. The number of ether oxygens (including phenoxy) is 1. The first-order chi connectivity index (χ1) is 12.0. The molecule has 0 radical (unpaired) electrons. The number of rotatable bonds is 4. The van der Waals surface area contributed by atoms with Gasteiger partial charge in [0.2, 0.25) is 0 Å². The van der Waals surface area contributed by atoms with Crippen LogP contribution in [0.3, 0.4) is 0 Å². The monoisotopic (exact) mass is 366 g/mol. The number of carbonyl (C=O) groups is 1. The molecule has 1 aliphatic heterocycles. The van der Waals surface area contributed by atoms with E-state index in [4.69, 9.17) is 11.6 Å². The third-order valence-corrected chi connectivity index (χ3v) is 4.28. The van der Waals surface area contributed by atoms with Gasteiger partial charge in [-0.15, -0.1) is 0 Å². The van der Waals surface area contributed by atoms with Crippen LogP contribution in [0, 0.1) is 0 Å². The average Bonchev–Trinajstić information content (AvgIpc) is 2.61. The van der Waals surface area contributed by atoms with Gasteiger partial charge in [-0.05, 0) is 36.4 Å². The van der Waals surface area contributed by atoms with Gasteiger partial charge < -0.3 is 14.5 Å². The summed E-state index contributed by atoms with van der Waals surface area (Å²) < 4.78 is 29.0. The van der Waals surface area contributed by atoms with Crippen LogP contribution in [-0.2, 0) is 0 Å². The highest BCUT2D eigenvalue weighted by Gasteiger charge is 2.23. The Morgan fingerprint density at radius 1 is 1.04 bits per heavy atom. The van der Waals surface area contributed by atoms with E-state index in [1.54, 1.807) is 11.0 Å². The number of piperazine rings is 1. The van der Waals surface area contributed by atoms with Crippen molar-refractivity contribution in [2.75, 3.05) is 31.1 Å². The van der Waals surface area contributed by atoms with E-state index in [1.807, 2.05) is 24.3 Å². The molecular formula is C18H17ClF2N2O2. The predicted octanol–water partition coefficient (Wildman–Crippen LogP) is 3.90. The van der Waals surface area contributed by atoms with Crippen molar-refractivity contribution in [1.82, 2.24) is 4.90 Å². The molecule has 25 heavy (non-hydrogen) atoms. The Labute approximate surface area is 149 Å². The van der Waals surface area contributed by atoms with Crippen LogP contribution in [0.15, 0.2) is 48.5 Å². The van der Waals surface area contributed by atoms with Gasteiger partial charge in [0.25, 0.3) is 5.91 Å². The van der Waals surface area contributed by atoms with E-state index in [1.165, 1.54) is 18.2 Å². The van der Waals surface area contributed by atoms with Crippen molar-refractivity contribution >= 4 is 23.2 Å². The van der Waals surface area contributed by atoms with Crippen molar-refractivity contribution in [3.63, 3.8) is 0 Å². The van der Waals surface area contributed by atoms with Crippen LogP contribution in [0.1, 0.15) is 10.4 Å². The highest BCUT2D eigenvalue weighted by molar-refractivity contribution is 6.30. The molecule has 4 nitrogen and oxygen atoms in total. The number of amides is 1. The van der Waals surface area contributed by atoms with Gasteiger partial charge in [-0.1, -0.05) is 23.7 Å². The minimum absolute atomic E-state index is 0.0154. The number of alkyl halides is 2. The molecule has 0 aliphatic carbocycles. The molecule has 2 aromatic rings. The van der Waals surface area contributed by atoms with Crippen LogP contribution in [0.2, 0.25) is 5.02 Å². The molecule has 1 amide bonds. The van der Waals surface area contributed by atoms with Crippen molar-refractivity contribution in [2.45, 2.75) is 6.61 Å². The second-order valence-corrected chi connectivity index (χ2v) is 6.10. The summed E-state index contributed by atoms with van der Waals surface area (Å²) in [5.74, 6) is -0.205. The number of nitrogens with zero attached hydrogens (tertiary/aromatic N) is 2. The molecule has 1 aliphatic rings. The summed E-state index contributed by atoms with van der Waals surface area (Å²) in [5.41, 5.74) is 1.36. The Bertz CT molecular complexity index is 749. The van der Waals surface area contributed by atoms with Crippen LogP contribution in [0.25, 0.3) is 0 Å². The third kappa shape index (κ3) is 4.39. The number of anilines is 1. The van der Waals surface area contributed by atoms with E-state index < -0.39 is 6.61 Å². The molecule has 0 N–H and O–H groups in total. The lowest BCUT2D eigenvalue weighted by molar-refractivity contribution is -0.0499. The first kappa shape index (κ1) is 17.5. The molecule has 0 saturated carbocycles. The molecule has 0 bridgehead atoms. The van der Waals surface area contributed by atoms with E-state index in [2.05, 4.69) is 9.64 Å². The van der Waals surface area contributed by atoms with Crippen molar-refractivity contribution in [1.29, 1.82) is 0 Å². The fraction of sp³-hybridized carbons (Fsp3) is 0.278. The van der Waals surface area contributed by atoms with Gasteiger partial charge in [-0.2, -0.15) is 8.78 Å². The Morgan fingerprint density at radius 2 is 1.76 bits per heavy atom. The van der Waals surface area contributed by atoms with Gasteiger partial charge in [-0.25, -0.2) is 0 Å². The summed E-state index contributed by atoms with van der Waals surface area (Å²) in [6.45, 7) is -0.457. The predicted molar refractivity (Wildman–Crippen MR) is 92.6 cm³/mol. The van der Waals surface area contributed by atoms with Crippen LogP contribution in [0.4, 0.5) is 14.5 Å². The average molecular weight is 367 g/mol. The van der Waals surface area contributed by atoms with Crippen LogP contribution in [0.5, 0.6) is 5.75 Å². The molecule has 7 heteroatoms. The fourth-order valence-corrected chi connectivity index (χ4v) is 3.01. The zero-order valence-corrected chi connectivity index (χ0v) is 14.1. The van der Waals surface area contributed by atoms with Crippen LogP contribution >= 0.6 is 11.6 Å². The molecule has 0 atom stereocenters. The summed E-state index contributed by atoms with van der Waals surface area (Å²) in [7, 11) is 0. The highest BCUT2D eigenvalue weighted by Crippen LogP contribution is 2.22. The fourth-order valence-electron chi connectivity index (χ4n) is 2.83. The van der Waals surface area contributed by atoms with E-state index in [0.717, 1.165) is 5.69 Å². The molecule has 0 unspecified atom stereocenters. The van der Waals surface area contributed by atoms with Gasteiger partial charge >= 0.3 is 6.61 Å². The van der Waals surface area contributed by atoms with Crippen molar-refractivity contribution in [3.8, 4) is 5.75 Å². The van der Waals surface area contributed by atoms with E-state index >= 15 is 0 Å². The standard InChI is InChI=1S/C18H17ClF2N2O2/c19-14-4-2-5-15(12-14)22-7-9-23(10-8-22)17(24)13-3-1-6-16(11-13)25-18(20)21/h1-6,11-12,18H,7-10H2. The maximum atomic E-state index is 12.6. The topological polar surface area (TPSA) is 32.8 Å². The Balaban J connectivity index is 1.63. The number of halogens is 3. The SMILES string of the molecule is O=C(c1cccc(OC(F)F)c1)N1CCN(c2cccc(Cl)c2)CC1. The molecule has 1 heterocycles. The lowest BCUT2D eigenvalue weighted by atomic mass is 10.1. The molecule has 3 rings (SSSR count). The second kappa shape index (κ2) is 7.70. The van der Waals surface area contributed by atoms with E-state index in [-0.39, 0.29) is 11.7 Å². The minimum Gasteiger partial charge on any atom is -0.435 e. The summed E-state index contributed by atoms with van der Waals surface area (Å²) in [6, 6.07) is 13.5. The first-order valence-corrected chi connectivity index (χ1v) is 8.25. The van der Waals surface area contributed by atoms with Crippen molar-refractivity contribution < 1.29 is 18.3 Å². The quantitative estimate of drug-likeness (QED) is 0.822. The minimum atomic E-state index is -2.91. The molecule has 132 valence electrons. The molecule has 2 aromatic carbocycles. The molecule has 0 aromatic heterocycles. The van der Waals surface area contributed by atoms with Gasteiger partial charge in [0.1, 0.15) is 5.75 Å². The Kier molecular flexibility index (Phi) is 5.38. The third-order valence-electron chi connectivity index (χ3n) is 4.05. The largest absolute Gasteiger partial charge is 0.435 e. The lowest BCUT2D eigenvalue weighted by Gasteiger charge is -2.36. The maximum absolute atomic E-state index is 12.6. The summed E-state index contributed by atoms with van der Waals surface area (Å²) in [6.07, 6.45) is 0. The molecular weight excluding hydrogens is 350 g/mol. The van der Waals surface area contributed by atoms with E-state index in [9.17, 15) is 13.6 Å². The van der Waals surface area contributed by atoms with Gasteiger partial charge in [0.15, 0.2) is 0 Å². The zero-order valence-electron chi connectivity index (χ0n) is 13.4. The highest BCUT2D eigenvalue weighted by atomic mass is 35.5. The normalized spacial score (nSPS) is 14.7. The second-order valence-electron chi connectivity index (χ2n) is 5.67. The van der Waals surface area contributed by atoms with Crippen molar-refractivity contribution in [3.05, 3.63) is 59.1 Å². The first-order valence-electron chi connectivity index (χ1n) is 7.87. The number of hydrogen-bond donors (Lipinski definition) is 0. The number of benzene rings is 2. The summed E-state index contributed by atoms with van der Waals surface area (Å²) >= 11 is 6.02. The molecule has 1 fully saturated rings. The van der Waals surface area contributed by atoms with Gasteiger partial charge in [0.05, 0.1) is 0 Å². The number of hydrogen-bond acceptors (Lipinski definition) is 3. The maximum Gasteiger partial charge on any atom is 0.387 e. The summed E-state index contributed by atoms with van der Waals surface area (Å²) in [4.78, 5) is 16.4. The van der Waals surface area contributed by atoms with Crippen molar-refractivity contribution in [2.24, 2.45) is 0 Å². The van der Waals surface area contributed by atoms with Crippen LogP contribution in [-0.4, -0.2) is 43.6 Å². The Hall–Kier alpha value is -2.34. The molecule has 1 saturated heterocycles.